The molecule has 0 spiro atoms. The van der Waals surface area contributed by atoms with E-state index in [4.69, 9.17) is 4.74 Å². The van der Waals surface area contributed by atoms with Crippen LogP contribution >= 0.6 is 11.3 Å². The standard InChI is InChI=1S/C27H31N7O3S/c1-17(23-12-19(16-38-23)20-7-5-4-6-18(20)14-29-27(36)37-3)30-25-21-13-24(34-10-8-33(2)9-11-34)28-15-22(21)26(35)32-31-25/h4-7,12-13,15-17H,8-11,14H2,1-3H3,(H,29,36)(H,30,31)(H,32,35)/t17-/m1/s1. The number of nitrogens with zero attached hydrogens (tertiary/aromatic N) is 4. The van der Waals surface area contributed by atoms with Crippen LogP contribution in [0.3, 0.4) is 0 Å². The molecule has 11 heteroatoms. The number of hydrogen-bond donors (Lipinski definition) is 3. The number of likely N-dealkylation sites (N-methyl/N-ethyl adjacent to an activating group) is 1. The minimum Gasteiger partial charge on any atom is -0.453 e. The van der Waals surface area contributed by atoms with Gasteiger partial charge in [0.25, 0.3) is 5.56 Å². The molecule has 5 rings (SSSR count). The first-order chi connectivity index (χ1) is 18.4. The summed E-state index contributed by atoms with van der Waals surface area (Å²) in [7, 11) is 3.47. The number of anilines is 2. The Balaban J connectivity index is 1.38. The van der Waals surface area contributed by atoms with Gasteiger partial charge < -0.3 is 25.2 Å². The van der Waals surface area contributed by atoms with Gasteiger partial charge in [0.05, 0.1) is 18.5 Å². The number of nitrogens with one attached hydrogen (secondary N) is 3. The van der Waals surface area contributed by atoms with Gasteiger partial charge in [-0.1, -0.05) is 24.3 Å². The number of pyridine rings is 1. The minimum absolute atomic E-state index is 0.0593. The van der Waals surface area contributed by atoms with Crippen molar-refractivity contribution in [3.63, 3.8) is 0 Å². The number of rotatable bonds is 7. The molecule has 1 amide bonds. The van der Waals surface area contributed by atoms with Crippen LogP contribution in [-0.2, 0) is 11.3 Å². The number of methoxy groups -OCH3 is 1. The SMILES string of the molecule is COC(=O)NCc1ccccc1-c1csc([C@@H](C)Nc2n[nH]c(=O)c3cnc(N4CCN(C)CC4)cc23)c1. The molecule has 1 aromatic carbocycles. The number of ether oxygens (including phenoxy) is 1. The van der Waals surface area contributed by atoms with E-state index in [1.54, 1.807) is 17.5 Å². The first-order valence-corrected chi connectivity index (χ1v) is 13.4. The fourth-order valence-corrected chi connectivity index (χ4v) is 5.48. The van der Waals surface area contributed by atoms with Crippen LogP contribution in [0.2, 0.25) is 0 Å². The Bertz CT molecular complexity index is 1490. The van der Waals surface area contributed by atoms with Crippen LogP contribution in [0.4, 0.5) is 16.4 Å². The van der Waals surface area contributed by atoms with E-state index in [2.05, 4.69) is 61.0 Å². The predicted octanol–water partition coefficient (Wildman–Crippen LogP) is 3.83. The number of alkyl carbamates (subject to hydrolysis) is 1. The molecular formula is C27H31N7O3S. The molecule has 1 aliphatic rings. The number of piperazine rings is 1. The summed E-state index contributed by atoms with van der Waals surface area (Å²) in [5.74, 6) is 1.46. The lowest BCUT2D eigenvalue weighted by molar-refractivity contribution is 0.170. The number of benzene rings is 1. The highest BCUT2D eigenvalue weighted by Gasteiger charge is 2.19. The second-order valence-electron chi connectivity index (χ2n) is 9.39. The largest absolute Gasteiger partial charge is 0.453 e. The smallest absolute Gasteiger partial charge is 0.407 e. The van der Waals surface area contributed by atoms with E-state index < -0.39 is 6.09 Å². The van der Waals surface area contributed by atoms with Crippen LogP contribution in [0.5, 0.6) is 0 Å². The van der Waals surface area contributed by atoms with Gasteiger partial charge in [-0.15, -0.1) is 11.3 Å². The maximum atomic E-state index is 12.5. The maximum absolute atomic E-state index is 12.5. The zero-order chi connectivity index (χ0) is 26.6. The van der Waals surface area contributed by atoms with Crippen LogP contribution in [0.25, 0.3) is 21.9 Å². The van der Waals surface area contributed by atoms with Crippen molar-refractivity contribution in [3.8, 4) is 11.1 Å². The lowest BCUT2D eigenvalue weighted by Gasteiger charge is -2.33. The van der Waals surface area contributed by atoms with Gasteiger partial charge in [0.2, 0.25) is 0 Å². The van der Waals surface area contributed by atoms with Gasteiger partial charge in [-0.2, -0.15) is 5.10 Å². The van der Waals surface area contributed by atoms with Crippen molar-refractivity contribution in [3.05, 3.63) is 68.8 Å². The van der Waals surface area contributed by atoms with Crippen LogP contribution in [0.15, 0.2) is 52.8 Å². The molecule has 0 bridgehead atoms. The molecule has 4 heterocycles. The predicted molar refractivity (Wildman–Crippen MR) is 151 cm³/mol. The fourth-order valence-electron chi connectivity index (χ4n) is 4.56. The molecular weight excluding hydrogens is 502 g/mol. The molecule has 3 aromatic heterocycles. The van der Waals surface area contributed by atoms with Gasteiger partial charge in [-0.3, -0.25) is 4.79 Å². The number of thiophene rings is 1. The summed E-state index contributed by atoms with van der Waals surface area (Å²) in [6, 6.07) is 12.0. The highest BCUT2D eigenvalue weighted by molar-refractivity contribution is 7.10. The third kappa shape index (κ3) is 5.48. The van der Waals surface area contributed by atoms with Crippen molar-refractivity contribution in [1.82, 2.24) is 25.4 Å². The van der Waals surface area contributed by atoms with E-state index in [0.29, 0.717) is 17.7 Å². The Morgan fingerprint density at radius 1 is 1.18 bits per heavy atom. The zero-order valence-corrected chi connectivity index (χ0v) is 22.5. The Morgan fingerprint density at radius 3 is 2.76 bits per heavy atom. The summed E-state index contributed by atoms with van der Waals surface area (Å²) >= 11 is 1.64. The molecule has 1 aliphatic heterocycles. The first kappa shape index (κ1) is 25.7. The number of H-pyrrole nitrogens is 1. The second kappa shape index (κ2) is 11.2. The van der Waals surface area contributed by atoms with E-state index >= 15 is 0 Å². The number of aromatic nitrogens is 3. The van der Waals surface area contributed by atoms with Crippen LogP contribution in [-0.4, -0.2) is 66.5 Å². The van der Waals surface area contributed by atoms with E-state index in [0.717, 1.165) is 59.0 Å². The highest BCUT2D eigenvalue weighted by atomic mass is 32.1. The minimum atomic E-state index is -0.463. The van der Waals surface area contributed by atoms with E-state index in [9.17, 15) is 9.59 Å². The average Bonchev–Trinajstić information content (AvgIpc) is 3.44. The first-order valence-electron chi connectivity index (χ1n) is 12.5. The van der Waals surface area contributed by atoms with E-state index in [-0.39, 0.29) is 11.6 Å². The Kier molecular flexibility index (Phi) is 7.57. The van der Waals surface area contributed by atoms with Crippen LogP contribution in [0.1, 0.15) is 23.4 Å². The third-order valence-corrected chi connectivity index (χ3v) is 7.94. The summed E-state index contributed by atoms with van der Waals surface area (Å²) in [5.41, 5.74) is 2.86. The Hall–Kier alpha value is -3.96. The van der Waals surface area contributed by atoms with Crippen molar-refractivity contribution in [1.29, 1.82) is 0 Å². The summed E-state index contributed by atoms with van der Waals surface area (Å²) in [5, 5.41) is 16.6. The Labute approximate surface area is 224 Å². The molecule has 198 valence electrons. The number of aromatic amines is 1. The second-order valence-corrected chi connectivity index (χ2v) is 10.3. The van der Waals surface area contributed by atoms with Crippen molar-refractivity contribution >= 4 is 39.8 Å². The van der Waals surface area contributed by atoms with Gasteiger partial charge in [0, 0.05) is 49.2 Å². The fraction of sp³-hybridized carbons (Fsp3) is 0.333. The molecule has 1 fully saturated rings. The Morgan fingerprint density at radius 2 is 1.97 bits per heavy atom. The molecule has 4 aromatic rings. The molecule has 0 unspecified atom stereocenters. The number of carbonyl (C=O) groups is 1. The maximum Gasteiger partial charge on any atom is 0.407 e. The number of carbonyl (C=O) groups excluding carboxylic acids is 1. The van der Waals surface area contributed by atoms with Gasteiger partial charge in [-0.05, 0) is 48.2 Å². The normalized spacial score (nSPS) is 14.9. The summed E-state index contributed by atoms with van der Waals surface area (Å²) in [6.45, 7) is 6.16. The summed E-state index contributed by atoms with van der Waals surface area (Å²) < 4.78 is 4.70. The molecule has 0 radical (unpaired) electrons. The van der Waals surface area contributed by atoms with Gasteiger partial charge >= 0.3 is 6.09 Å². The van der Waals surface area contributed by atoms with Crippen molar-refractivity contribution < 1.29 is 9.53 Å². The van der Waals surface area contributed by atoms with Crippen LogP contribution in [0, 0.1) is 0 Å². The summed E-state index contributed by atoms with van der Waals surface area (Å²) in [4.78, 5) is 34.3. The van der Waals surface area contributed by atoms with Gasteiger partial charge in [-0.25, -0.2) is 14.9 Å². The number of amides is 1. The molecule has 3 N–H and O–H groups in total. The van der Waals surface area contributed by atoms with Crippen molar-refractivity contribution in [2.45, 2.75) is 19.5 Å². The topological polar surface area (TPSA) is 115 Å². The van der Waals surface area contributed by atoms with Crippen molar-refractivity contribution in [2.24, 2.45) is 0 Å². The monoisotopic (exact) mass is 533 g/mol. The van der Waals surface area contributed by atoms with E-state index in [1.165, 1.54) is 7.11 Å². The molecule has 38 heavy (non-hydrogen) atoms. The zero-order valence-electron chi connectivity index (χ0n) is 21.7. The van der Waals surface area contributed by atoms with Crippen LogP contribution < -0.4 is 21.1 Å². The van der Waals surface area contributed by atoms with Crippen molar-refractivity contribution in [2.75, 3.05) is 50.6 Å². The van der Waals surface area contributed by atoms with Gasteiger partial charge in [0.1, 0.15) is 5.82 Å². The number of fused-ring (bicyclic) bond motifs is 1. The highest BCUT2D eigenvalue weighted by Crippen LogP contribution is 2.33. The quantitative estimate of drug-likeness (QED) is 0.328. The molecule has 1 atom stereocenters. The lowest BCUT2D eigenvalue weighted by atomic mass is 10.0. The van der Waals surface area contributed by atoms with E-state index in [1.807, 2.05) is 30.3 Å². The molecule has 1 saturated heterocycles. The molecule has 10 nitrogen and oxygen atoms in total. The molecule has 0 saturated carbocycles. The third-order valence-electron chi connectivity index (χ3n) is 6.82. The molecule has 0 aliphatic carbocycles. The summed E-state index contributed by atoms with van der Waals surface area (Å²) in [6.07, 6.45) is 1.18. The van der Waals surface area contributed by atoms with Gasteiger partial charge in [0.15, 0.2) is 5.82 Å². The lowest BCUT2D eigenvalue weighted by Crippen LogP contribution is -2.44. The number of hydrogen-bond acceptors (Lipinski definition) is 9. The average molecular weight is 534 g/mol.